The van der Waals surface area contributed by atoms with Crippen molar-refractivity contribution in [3.8, 4) is 11.5 Å². The summed E-state index contributed by atoms with van der Waals surface area (Å²) >= 11 is 5.90. The number of carbonyl (C=O) groups is 1. The Hall–Kier alpha value is -2.26. The lowest BCUT2D eigenvalue weighted by atomic mass is 9.75. The van der Waals surface area contributed by atoms with Crippen LogP contribution >= 0.6 is 11.6 Å². The molecule has 0 bridgehead atoms. The van der Waals surface area contributed by atoms with Crippen LogP contribution in [0.2, 0.25) is 5.02 Å². The standard InChI is InChI=1S/C21H19ClO3/c1-14-9-16-13-24-20(23)21(16,11-14)12-15-3-2-4-19(10-15)25-18-7-5-17(22)6-8-18/h2-8,10,16H,1,9,11-13H2. The minimum absolute atomic E-state index is 0.0832. The molecule has 2 aromatic carbocycles. The molecular weight excluding hydrogens is 336 g/mol. The summed E-state index contributed by atoms with van der Waals surface area (Å²) < 4.78 is 11.3. The third kappa shape index (κ3) is 3.05. The Morgan fingerprint density at radius 2 is 2.00 bits per heavy atom. The van der Waals surface area contributed by atoms with Crippen molar-refractivity contribution in [3.05, 3.63) is 71.3 Å². The second kappa shape index (κ2) is 6.23. The van der Waals surface area contributed by atoms with E-state index in [2.05, 4.69) is 6.58 Å². The predicted molar refractivity (Wildman–Crippen MR) is 96.9 cm³/mol. The first-order valence-electron chi connectivity index (χ1n) is 8.41. The van der Waals surface area contributed by atoms with E-state index in [1.54, 1.807) is 12.1 Å². The van der Waals surface area contributed by atoms with Crippen molar-refractivity contribution in [2.45, 2.75) is 19.3 Å². The van der Waals surface area contributed by atoms with Crippen LogP contribution in [0.4, 0.5) is 0 Å². The third-order valence-electron chi connectivity index (χ3n) is 5.17. The summed E-state index contributed by atoms with van der Waals surface area (Å²) in [6, 6.07) is 15.1. The second-order valence-electron chi connectivity index (χ2n) is 6.96. The van der Waals surface area contributed by atoms with Gasteiger partial charge in [-0.05, 0) is 61.2 Å². The molecular formula is C21H19ClO3. The van der Waals surface area contributed by atoms with Crippen molar-refractivity contribution in [1.82, 2.24) is 0 Å². The number of benzene rings is 2. The van der Waals surface area contributed by atoms with E-state index >= 15 is 0 Å². The van der Waals surface area contributed by atoms with Gasteiger partial charge in [0, 0.05) is 10.9 Å². The van der Waals surface area contributed by atoms with Crippen LogP contribution < -0.4 is 4.74 Å². The Morgan fingerprint density at radius 1 is 1.20 bits per heavy atom. The number of cyclic esters (lactones) is 1. The quantitative estimate of drug-likeness (QED) is 0.560. The zero-order valence-electron chi connectivity index (χ0n) is 13.8. The summed E-state index contributed by atoms with van der Waals surface area (Å²) in [5.74, 6) is 1.64. The van der Waals surface area contributed by atoms with E-state index in [4.69, 9.17) is 21.1 Å². The molecule has 0 aromatic heterocycles. The van der Waals surface area contributed by atoms with Crippen LogP contribution in [-0.2, 0) is 16.0 Å². The van der Waals surface area contributed by atoms with Gasteiger partial charge >= 0.3 is 5.97 Å². The van der Waals surface area contributed by atoms with Gasteiger partial charge in [-0.25, -0.2) is 0 Å². The smallest absolute Gasteiger partial charge is 0.313 e. The Labute approximate surface area is 152 Å². The number of esters is 1. The summed E-state index contributed by atoms with van der Waals surface area (Å²) in [7, 11) is 0. The van der Waals surface area contributed by atoms with Crippen LogP contribution in [-0.4, -0.2) is 12.6 Å². The first-order chi connectivity index (χ1) is 12.0. The molecule has 0 amide bonds. The summed E-state index contributed by atoms with van der Waals surface area (Å²) in [5.41, 5.74) is 1.77. The van der Waals surface area contributed by atoms with E-state index < -0.39 is 5.41 Å². The Balaban J connectivity index is 1.56. The van der Waals surface area contributed by atoms with Gasteiger partial charge in [0.25, 0.3) is 0 Å². The van der Waals surface area contributed by atoms with E-state index in [0.717, 1.165) is 35.5 Å². The lowest BCUT2D eigenvalue weighted by Gasteiger charge is -2.24. The molecule has 1 saturated carbocycles. The third-order valence-corrected chi connectivity index (χ3v) is 5.42. The zero-order valence-corrected chi connectivity index (χ0v) is 14.6. The van der Waals surface area contributed by atoms with Gasteiger partial charge in [0.05, 0.1) is 12.0 Å². The Bertz CT molecular complexity index is 827. The monoisotopic (exact) mass is 354 g/mol. The Morgan fingerprint density at radius 3 is 2.80 bits per heavy atom. The summed E-state index contributed by atoms with van der Waals surface area (Å²) in [5, 5.41) is 0.674. The van der Waals surface area contributed by atoms with Crippen molar-refractivity contribution >= 4 is 17.6 Å². The molecule has 1 aliphatic carbocycles. The highest BCUT2D eigenvalue weighted by atomic mass is 35.5. The molecule has 0 N–H and O–H groups in total. The van der Waals surface area contributed by atoms with E-state index in [0.29, 0.717) is 18.1 Å². The summed E-state index contributed by atoms with van der Waals surface area (Å²) in [6.45, 7) is 4.61. The van der Waals surface area contributed by atoms with Crippen LogP contribution in [0.5, 0.6) is 11.5 Å². The highest BCUT2D eigenvalue weighted by Crippen LogP contribution is 2.52. The second-order valence-corrected chi connectivity index (χ2v) is 7.40. The minimum atomic E-state index is -0.448. The van der Waals surface area contributed by atoms with Crippen molar-refractivity contribution in [1.29, 1.82) is 0 Å². The topological polar surface area (TPSA) is 35.5 Å². The normalized spacial score (nSPS) is 24.9. The zero-order chi connectivity index (χ0) is 17.4. The van der Waals surface area contributed by atoms with Gasteiger partial charge in [-0.2, -0.15) is 0 Å². The number of carbonyl (C=O) groups excluding carboxylic acids is 1. The van der Waals surface area contributed by atoms with E-state index in [-0.39, 0.29) is 11.9 Å². The fourth-order valence-corrected chi connectivity index (χ4v) is 4.11. The minimum Gasteiger partial charge on any atom is -0.465 e. The molecule has 2 fully saturated rings. The number of ether oxygens (including phenoxy) is 2. The summed E-state index contributed by atoms with van der Waals surface area (Å²) in [4.78, 5) is 12.4. The fourth-order valence-electron chi connectivity index (χ4n) is 3.98. The molecule has 0 radical (unpaired) electrons. The lowest BCUT2D eigenvalue weighted by molar-refractivity contribution is -0.146. The van der Waals surface area contributed by atoms with Gasteiger partial charge in [0.1, 0.15) is 11.5 Å². The van der Waals surface area contributed by atoms with Crippen molar-refractivity contribution in [3.63, 3.8) is 0 Å². The molecule has 2 atom stereocenters. The van der Waals surface area contributed by atoms with Crippen molar-refractivity contribution in [2.24, 2.45) is 11.3 Å². The molecule has 2 aromatic rings. The van der Waals surface area contributed by atoms with Gasteiger partial charge < -0.3 is 9.47 Å². The van der Waals surface area contributed by atoms with Gasteiger partial charge in [0.2, 0.25) is 0 Å². The van der Waals surface area contributed by atoms with Crippen LogP contribution in [0.15, 0.2) is 60.7 Å². The average Bonchev–Trinajstić information content (AvgIpc) is 3.05. The number of hydrogen-bond donors (Lipinski definition) is 0. The molecule has 1 aliphatic heterocycles. The van der Waals surface area contributed by atoms with Crippen molar-refractivity contribution < 1.29 is 14.3 Å². The fraction of sp³-hybridized carbons (Fsp3) is 0.286. The molecule has 4 heteroatoms. The molecule has 2 aliphatic rings. The predicted octanol–water partition coefficient (Wildman–Crippen LogP) is 5.18. The van der Waals surface area contributed by atoms with E-state index in [1.165, 1.54) is 0 Å². The first kappa shape index (κ1) is 16.2. The highest BCUT2D eigenvalue weighted by molar-refractivity contribution is 6.30. The largest absolute Gasteiger partial charge is 0.465 e. The van der Waals surface area contributed by atoms with Gasteiger partial charge in [-0.3, -0.25) is 4.79 Å². The first-order valence-corrected chi connectivity index (χ1v) is 8.79. The van der Waals surface area contributed by atoms with Gasteiger partial charge in [-0.1, -0.05) is 35.9 Å². The lowest BCUT2D eigenvalue weighted by Crippen LogP contribution is -2.31. The van der Waals surface area contributed by atoms with Gasteiger partial charge in [0.15, 0.2) is 0 Å². The van der Waals surface area contributed by atoms with E-state index in [1.807, 2.05) is 36.4 Å². The van der Waals surface area contributed by atoms with Crippen LogP contribution in [0.3, 0.4) is 0 Å². The molecule has 2 unspecified atom stereocenters. The number of hydrogen-bond acceptors (Lipinski definition) is 3. The van der Waals surface area contributed by atoms with E-state index in [9.17, 15) is 4.79 Å². The van der Waals surface area contributed by atoms with Crippen LogP contribution in [0.1, 0.15) is 18.4 Å². The summed E-state index contributed by atoms with van der Waals surface area (Å²) in [6.07, 6.45) is 2.26. The SMILES string of the molecule is C=C1CC2COC(=O)C2(Cc2cccc(Oc3ccc(Cl)cc3)c2)C1. The molecule has 0 spiro atoms. The van der Waals surface area contributed by atoms with Gasteiger partial charge in [-0.15, -0.1) is 0 Å². The highest BCUT2D eigenvalue weighted by Gasteiger charge is 2.55. The number of rotatable bonds is 4. The molecule has 3 nitrogen and oxygen atoms in total. The maximum atomic E-state index is 12.4. The molecule has 25 heavy (non-hydrogen) atoms. The molecule has 1 saturated heterocycles. The van der Waals surface area contributed by atoms with Crippen LogP contribution in [0, 0.1) is 11.3 Å². The van der Waals surface area contributed by atoms with Crippen LogP contribution in [0.25, 0.3) is 0 Å². The molecule has 4 rings (SSSR count). The average molecular weight is 355 g/mol. The molecule has 128 valence electrons. The maximum absolute atomic E-state index is 12.4. The van der Waals surface area contributed by atoms with Crippen molar-refractivity contribution in [2.75, 3.05) is 6.61 Å². The number of fused-ring (bicyclic) bond motifs is 1. The number of halogens is 1. The number of allylic oxidation sites excluding steroid dienone is 1. The maximum Gasteiger partial charge on any atom is 0.313 e. The molecule has 1 heterocycles. The Kier molecular flexibility index (Phi) is 4.04.